The fourth-order valence-corrected chi connectivity index (χ4v) is 4.16. The lowest BCUT2D eigenvalue weighted by Gasteiger charge is -2.29. The van der Waals surface area contributed by atoms with Crippen LogP contribution in [0.2, 0.25) is 0 Å². The molecule has 2 aliphatic heterocycles. The van der Waals surface area contributed by atoms with Gasteiger partial charge in [-0.25, -0.2) is 4.79 Å². The monoisotopic (exact) mass is 387 g/mol. The van der Waals surface area contributed by atoms with Gasteiger partial charge in [0.2, 0.25) is 5.91 Å². The molecule has 28 heavy (non-hydrogen) atoms. The van der Waals surface area contributed by atoms with Crippen LogP contribution < -0.4 is 14.8 Å². The number of hydrogen-bond donors (Lipinski definition) is 1. The number of rotatable bonds is 5. The molecule has 1 aromatic rings. The first-order chi connectivity index (χ1) is 13.5. The number of para-hydroxylation sites is 2. The van der Waals surface area contributed by atoms with Crippen molar-refractivity contribution in [2.45, 2.75) is 43.7 Å². The first-order valence-electron chi connectivity index (χ1n) is 9.75. The predicted octanol–water partition coefficient (Wildman–Crippen LogP) is 1.54. The molecule has 8 nitrogen and oxygen atoms in total. The molecule has 150 valence electrons. The van der Waals surface area contributed by atoms with Gasteiger partial charge in [0.15, 0.2) is 17.6 Å². The van der Waals surface area contributed by atoms with Crippen LogP contribution in [0.3, 0.4) is 0 Å². The SMILES string of the molecule is CN(C[C@H]1COc2ccccc2O1)C(=O)CCN1C(=O)NC2(CCCC2)C1=O. The van der Waals surface area contributed by atoms with Gasteiger partial charge in [-0.3, -0.25) is 14.5 Å². The van der Waals surface area contributed by atoms with Crippen LogP contribution in [-0.4, -0.2) is 66.0 Å². The van der Waals surface area contributed by atoms with Gasteiger partial charge < -0.3 is 19.7 Å². The molecule has 1 saturated carbocycles. The van der Waals surface area contributed by atoms with Gasteiger partial charge in [0, 0.05) is 20.0 Å². The first-order valence-corrected chi connectivity index (χ1v) is 9.75. The van der Waals surface area contributed by atoms with Crippen LogP contribution >= 0.6 is 0 Å². The number of benzene rings is 1. The molecule has 2 heterocycles. The molecule has 4 rings (SSSR count). The molecule has 0 radical (unpaired) electrons. The maximum Gasteiger partial charge on any atom is 0.325 e. The van der Waals surface area contributed by atoms with Crippen molar-refractivity contribution >= 4 is 17.8 Å². The van der Waals surface area contributed by atoms with Crippen LogP contribution in [0.4, 0.5) is 4.79 Å². The molecule has 1 N–H and O–H groups in total. The third-order valence-corrected chi connectivity index (χ3v) is 5.72. The van der Waals surface area contributed by atoms with E-state index >= 15 is 0 Å². The van der Waals surface area contributed by atoms with E-state index in [-0.39, 0.29) is 36.9 Å². The van der Waals surface area contributed by atoms with E-state index in [1.54, 1.807) is 11.9 Å². The Morgan fingerprint density at radius 2 is 1.96 bits per heavy atom. The van der Waals surface area contributed by atoms with E-state index in [2.05, 4.69) is 5.32 Å². The summed E-state index contributed by atoms with van der Waals surface area (Å²) >= 11 is 0. The highest BCUT2D eigenvalue weighted by Crippen LogP contribution is 2.35. The van der Waals surface area contributed by atoms with Crippen molar-refractivity contribution in [2.75, 3.05) is 26.7 Å². The summed E-state index contributed by atoms with van der Waals surface area (Å²) in [6.45, 7) is 0.835. The minimum absolute atomic E-state index is 0.0932. The van der Waals surface area contributed by atoms with Gasteiger partial charge in [-0.05, 0) is 25.0 Å². The van der Waals surface area contributed by atoms with Gasteiger partial charge in [0.1, 0.15) is 12.1 Å². The number of imide groups is 1. The molecule has 0 bridgehead atoms. The largest absolute Gasteiger partial charge is 0.486 e. The quantitative estimate of drug-likeness (QED) is 0.775. The van der Waals surface area contributed by atoms with Crippen LogP contribution in [0.15, 0.2) is 24.3 Å². The standard InChI is InChI=1S/C20H25N3O5/c1-22(12-14-13-27-15-6-2-3-7-16(15)28-14)17(24)8-11-23-18(25)20(21-19(23)26)9-4-5-10-20/h2-3,6-7,14H,4-5,8-13H2,1H3,(H,21,26)/t14-/m0/s1. The lowest BCUT2D eigenvalue weighted by atomic mass is 9.98. The number of urea groups is 1. The molecule has 1 saturated heterocycles. The van der Waals surface area contributed by atoms with Gasteiger partial charge in [0.05, 0.1) is 6.54 Å². The second-order valence-electron chi connectivity index (χ2n) is 7.70. The summed E-state index contributed by atoms with van der Waals surface area (Å²) in [5, 5.41) is 2.83. The molecular weight excluding hydrogens is 362 g/mol. The van der Waals surface area contributed by atoms with Gasteiger partial charge in [0.25, 0.3) is 5.91 Å². The number of carbonyl (C=O) groups excluding carboxylic acids is 3. The average Bonchev–Trinajstić information content (AvgIpc) is 3.25. The zero-order chi connectivity index (χ0) is 19.7. The topological polar surface area (TPSA) is 88.2 Å². The summed E-state index contributed by atoms with van der Waals surface area (Å²) < 4.78 is 11.6. The summed E-state index contributed by atoms with van der Waals surface area (Å²) in [7, 11) is 1.69. The number of ether oxygens (including phenoxy) is 2. The normalized spacial score (nSPS) is 22.5. The van der Waals surface area contributed by atoms with E-state index in [4.69, 9.17) is 9.47 Å². The molecular formula is C20H25N3O5. The number of nitrogens with one attached hydrogen (secondary N) is 1. The van der Waals surface area contributed by atoms with Crippen molar-refractivity contribution in [3.63, 3.8) is 0 Å². The molecule has 1 aliphatic carbocycles. The molecule has 1 atom stereocenters. The Morgan fingerprint density at radius 3 is 2.71 bits per heavy atom. The number of nitrogens with zero attached hydrogens (tertiary/aromatic N) is 2. The summed E-state index contributed by atoms with van der Waals surface area (Å²) in [6.07, 6.45) is 3.07. The van der Waals surface area contributed by atoms with Crippen LogP contribution in [0, 0.1) is 0 Å². The Balaban J connectivity index is 1.28. The highest BCUT2D eigenvalue weighted by Gasteiger charge is 2.52. The minimum Gasteiger partial charge on any atom is -0.486 e. The number of amides is 4. The lowest BCUT2D eigenvalue weighted by Crippen LogP contribution is -2.44. The summed E-state index contributed by atoms with van der Waals surface area (Å²) in [4.78, 5) is 40.1. The maximum atomic E-state index is 12.6. The van der Waals surface area contributed by atoms with Crippen LogP contribution in [0.25, 0.3) is 0 Å². The highest BCUT2D eigenvalue weighted by molar-refractivity contribution is 6.07. The van der Waals surface area contributed by atoms with Crippen molar-refractivity contribution in [1.82, 2.24) is 15.1 Å². The zero-order valence-corrected chi connectivity index (χ0v) is 16.0. The molecule has 1 aromatic carbocycles. The Labute approximate surface area is 163 Å². The number of likely N-dealkylation sites (N-methyl/N-ethyl adjacent to an activating group) is 1. The fourth-order valence-electron chi connectivity index (χ4n) is 4.16. The second kappa shape index (κ2) is 7.33. The van der Waals surface area contributed by atoms with Crippen molar-refractivity contribution < 1.29 is 23.9 Å². The third-order valence-electron chi connectivity index (χ3n) is 5.72. The Hall–Kier alpha value is -2.77. The molecule has 2 fully saturated rings. The predicted molar refractivity (Wildman–Crippen MR) is 100 cm³/mol. The summed E-state index contributed by atoms with van der Waals surface area (Å²) in [5.41, 5.74) is -0.729. The zero-order valence-electron chi connectivity index (χ0n) is 16.0. The Morgan fingerprint density at radius 1 is 1.25 bits per heavy atom. The smallest absolute Gasteiger partial charge is 0.325 e. The van der Waals surface area contributed by atoms with Gasteiger partial charge >= 0.3 is 6.03 Å². The van der Waals surface area contributed by atoms with Crippen molar-refractivity contribution in [1.29, 1.82) is 0 Å². The van der Waals surface area contributed by atoms with Crippen molar-refractivity contribution in [3.05, 3.63) is 24.3 Å². The van der Waals surface area contributed by atoms with Crippen molar-refractivity contribution in [2.24, 2.45) is 0 Å². The second-order valence-corrected chi connectivity index (χ2v) is 7.70. The minimum atomic E-state index is -0.729. The van der Waals surface area contributed by atoms with Crippen LogP contribution in [0.5, 0.6) is 11.5 Å². The van der Waals surface area contributed by atoms with Crippen LogP contribution in [0.1, 0.15) is 32.1 Å². The van der Waals surface area contributed by atoms with E-state index < -0.39 is 5.54 Å². The molecule has 1 spiro atoms. The maximum absolute atomic E-state index is 12.6. The highest BCUT2D eigenvalue weighted by atomic mass is 16.6. The van der Waals surface area contributed by atoms with Gasteiger partial charge in [-0.2, -0.15) is 0 Å². The molecule has 0 aromatic heterocycles. The third kappa shape index (κ3) is 3.39. The molecule has 3 aliphatic rings. The molecule has 0 unspecified atom stereocenters. The van der Waals surface area contributed by atoms with E-state index in [9.17, 15) is 14.4 Å². The fraction of sp³-hybridized carbons (Fsp3) is 0.550. The van der Waals surface area contributed by atoms with E-state index in [0.717, 1.165) is 12.8 Å². The number of carbonyl (C=O) groups is 3. The van der Waals surface area contributed by atoms with E-state index in [0.29, 0.717) is 37.5 Å². The average molecular weight is 387 g/mol. The first kappa shape index (κ1) is 18.6. The van der Waals surface area contributed by atoms with Gasteiger partial charge in [-0.15, -0.1) is 0 Å². The van der Waals surface area contributed by atoms with Crippen LogP contribution in [-0.2, 0) is 9.59 Å². The van der Waals surface area contributed by atoms with Gasteiger partial charge in [-0.1, -0.05) is 25.0 Å². The molecule has 8 heteroatoms. The Kier molecular flexibility index (Phi) is 4.87. The van der Waals surface area contributed by atoms with Crippen molar-refractivity contribution in [3.8, 4) is 11.5 Å². The van der Waals surface area contributed by atoms with E-state index in [1.165, 1.54) is 4.90 Å². The number of hydrogen-bond acceptors (Lipinski definition) is 5. The summed E-state index contributed by atoms with van der Waals surface area (Å²) in [5.74, 6) is 1.04. The number of fused-ring (bicyclic) bond motifs is 1. The Bertz CT molecular complexity index is 790. The summed E-state index contributed by atoms with van der Waals surface area (Å²) in [6, 6.07) is 7.04. The lowest BCUT2D eigenvalue weighted by molar-refractivity contribution is -0.133. The molecule has 4 amide bonds. The van der Waals surface area contributed by atoms with E-state index in [1.807, 2.05) is 24.3 Å².